The fourth-order valence-electron chi connectivity index (χ4n) is 1.73. The van der Waals surface area contributed by atoms with Crippen LogP contribution in [0.1, 0.15) is 19.3 Å². The van der Waals surface area contributed by atoms with Crippen LogP contribution in [0.2, 0.25) is 5.02 Å². The van der Waals surface area contributed by atoms with Crippen LogP contribution in [0.4, 0.5) is 4.39 Å². The smallest absolute Gasteiger partial charge is 0.250 e. The summed E-state index contributed by atoms with van der Waals surface area (Å²) in [6.45, 7) is 0. The zero-order chi connectivity index (χ0) is 10.8. The SMILES string of the molecule is NC1CCC(Oc2ncc(Cl)cc2F)C1. The standard InChI is InChI=1S/C10H12ClFN2O/c11-6-3-9(12)10(14-5-6)15-8-2-1-7(13)4-8/h3,5,7-8H,1-2,4,13H2. The average Bonchev–Trinajstić information content (AvgIpc) is 2.56. The second-order valence-electron chi connectivity index (χ2n) is 3.75. The molecule has 0 radical (unpaired) electrons. The molecule has 5 heteroatoms. The van der Waals surface area contributed by atoms with E-state index in [0.29, 0.717) is 0 Å². The maximum atomic E-state index is 13.3. The van der Waals surface area contributed by atoms with Crippen LogP contribution < -0.4 is 10.5 Å². The minimum Gasteiger partial charge on any atom is -0.472 e. The van der Waals surface area contributed by atoms with Gasteiger partial charge in [-0.25, -0.2) is 9.37 Å². The van der Waals surface area contributed by atoms with Crippen molar-refractivity contribution in [2.45, 2.75) is 31.4 Å². The number of halogens is 2. The average molecular weight is 231 g/mol. The fraction of sp³-hybridized carbons (Fsp3) is 0.500. The van der Waals surface area contributed by atoms with E-state index in [4.69, 9.17) is 22.1 Å². The van der Waals surface area contributed by atoms with Crippen LogP contribution in [-0.2, 0) is 0 Å². The van der Waals surface area contributed by atoms with Crippen molar-refractivity contribution in [3.63, 3.8) is 0 Å². The lowest BCUT2D eigenvalue weighted by Crippen LogP contribution is -2.19. The molecule has 1 fully saturated rings. The lowest BCUT2D eigenvalue weighted by atomic mass is 10.3. The second-order valence-corrected chi connectivity index (χ2v) is 4.19. The molecule has 0 aromatic carbocycles. The van der Waals surface area contributed by atoms with E-state index >= 15 is 0 Å². The largest absolute Gasteiger partial charge is 0.472 e. The van der Waals surface area contributed by atoms with Gasteiger partial charge in [0.2, 0.25) is 0 Å². The highest BCUT2D eigenvalue weighted by molar-refractivity contribution is 6.30. The molecule has 0 amide bonds. The third-order valence-electron chi connectivity index (χ3n) is 2.48. The van der Waals surface area contributed by atoms with E-state index in [9.17, 15) is 4.39 Å². The lowest BCUT2D eigenvalue weighted by molar-refractivity contribution is 0.190. The first kappa shape index (κ1) is 10.6. The number of pyridine rings is 1. The second kappa shape index (κ2) is 4.33. The van der Waals surface area contributed by atoms with Gasteiger partial charge in [0, 0.05) is 12.2 Å². The van der Waals surface area contributed by atoms with Crippen molar-refractivity contribution in [2.75, 3.05) is 0 Å². The van der Waals surface area contributed by atoms with Crippen molar-refractivity contribution in [3.05, 3.63) is 23.1 Å². The molecule has 2 unspecified atom stereocenters. The Balaban J connectivity index is 2.04. The maximum absolute atomic E-state index is 13.3. The molecule has 1 aromatic rings. The molecule has 0 spiro atoms. The quantitative estimate of drug-likeness (QED) is 0.847. The van der Waals surface area contributed by atoms with E-state index in [1.54, 1.807) is 0 Å². The monoisotopic (exact) mass is 230 g/mol. The zero-order valence-electron chi connectivity index (χ0n) is 8.12. The zero-order valence-corrected chi connectivity index (χ0v) is 8.88. The lowest BCUT2D eigenvalue weighted by Gasteiger charge is -2.12. The summed E-state index contributed by atoms with van der Waals surface area (Å²) in [6, 6.07) is 1.35. The van der Waals surface area contributed by atoms with Gasteiger partial charge in [-0.1, -0.05) is 11.6 Å². The normalized spacial score (nSPS) is 25.5. The number of aromatic nitrogens is 1. The summed E-state index contributed by atoms with van der Waals surface area (Å²) in [5, 5.41) is 0.267. The van der Waals surface area contributed by atoms with Crippen LogP contribution in [0.3, 0.4) is 0 Å². The molecule has 82 valence electrons. The van der Waals surface area contributed by atoms with Crippen molar-refractivity contribution in [3.8, 4) is 5.88 Å². The first-order valence-electron chi connectivity index (χ1n) is 4.88. The fourth-order valence-corrected chi connectivity index (χ4v) is 1.87. The predicted molar refractivity (Wildman–Crippen MR) is 55.4 cm³/mol. The molecule has 1 aliphatic carbocycles. The topological polar surface area (TPSA) is 48.1 Å². The molecule has 0 saturated heterocycles. The van der Waals surface area contributed by atoms with Gasteiger partial charge in [-0.15, -0.1) is 0 Å². The molecule has 2 N–H and O–H groups in total. The van der Waals surface area contributed by atoms with Crippen LogP contribution in [0.5, 0.6) is 5.88 Å². The summed E-state index contributed by atoms with van der Waals surface area (Å²) in [7, 11) is 0. The van der Waals surface area contributed by atoms with Gasteiger partial charge in [0.15, 0.2) is 5.82 Å². The van der Waals surface area contributed by atoms with Crippen LogP contribution in [0.15, 0.2) is 12.3 Å². The Hall–Kier alpha value is -0.870. The highest BCUT2D eigenvalue weighted by Crippen LogP contribution is 2.25. The first-order chi connectivity index (χ1) is 7.15. The molecule has 15 heavy (non-hydrogen) atoms. The van der Waals surface area contributed by atoms with Gasteiger partial charge in [-0.05, 0) is 25.3 Å². The molecular formula is C10H12ClFN2O. The van der Waals surface area contributed by atoms with Gasteiger partial charge in [-0.2, -0.15) is 0 Å². The molecule has 2 rings (SSSR count). The van der Waals surface area contributed by atoms with Crippen molar-refractivity contribution in [2.24, 2.45) is 5.73 Å². The Bertz CT molecular complexity index is 361. The van der Waals surface area contributed by atoms with E-state index in [1.807, 2.05) is 0 Å². The maximum Gasteiger partial charge on any atom is 0.250 e. The number of ether oxygens (including phenoxy) is 1. The van der Waals surface area contributed by atoms with Crippen molar-refractivity contribution in [1.29, 1.82) is 0 Å². The van der Waals surface area contributed by atoms with E-state index in [1.165, 1.54) is 12.3 Å². The van der Waals surface area contributed by atoms with Gasteiger partial charge >= 0.3 is 0 Å². The Morgan fingerprint density at radius 2 is 2.33 bits per heavy atom. The van der Waals surface area contributed by atoms with E-state index in [2.05, 4.69) is 4.98 Å². The molecule has 3 nitrogen and oxygen atoms in total. The molecular weight excluding hydrogens is 219 g/mol. The Morgan fingerprint density at radius 3 is 2.93 bits per heavy atom. The Labute approximate surface area is 92.4 Å². The molecule has 1 aromatic heterocycles. The molecule has 1 aliphatic rings. The van der Waals surface area contributed by atoms with Crippen molar-refractivity contribution >= 4 is 11.6 Å². The third kappa shape index (κ3) is 2.58. The van der Waals surface area contributed by atoms with Crippen molar-refractivity contribution < 1.29 is 9.13 Å². The third-order valence-corrected chi connectivity index (χ3v) is 2.68. The summed E-state index contributed by atoms with van der Waals surface area (Å²) in [6.07, 6.45) is 3.87. The minimum absolute atomic E-state index is 0.0125. The number of hydrogen-bond donors (Lipinski definition) is 1. The highest BCUT2D eigenvalue weighted by atomic mass is 35.5. The van der Waals surface area contributed by atoms with Gasteiger partial charge in [-0.3, -0.25) is 0 Å². The van der Waals surface area contributed by atoms with E-state index in [0.717, 1.165) is 19.3 Å². The van der Waals surface area contributed by atoms with Crippen molar-refractivity contribution in [1.82, 2.24) is 4.98 Å². The summed E-state index contributed by atoms with van der Waals surface area (Å²) >= 11 is 5.58. The van der Waals surface area contributed by atoms with Gasteiger partial charge in [0.1, 0.15) is 6.10 Å². The number of nitrogens with zero attached hydrogens (tertiary/aromatic N) is 1. The summed E-state index contributed by atoms with van der Waals surface area (Å²) < 4.78 is 18.7. The minimum atomic E-state index is -0.525. The summed E-state index contributed by atoms with van der Waals surface area (Å²) in [4.78, 5) is 3.80. The Kier molecular flexibility index (Phi) is 3.07. The van der Waals surface area contributed by atoms with Crippen LogP contribution >= 0.6 is 11.6 Å². The van der Waals surface area contributed by atoms with Gasteiger partial charge in [0.05, 0.1) is 5.02 Å². The summed E-state index contributed by atoms with van der Waals surface area (Å²) in [5.41, 5.74) is 5.73. The molecule has 2 atom stereocenters. The Morgan fingerprint density at radius 1 is 1.53 bits per heavy atom. The van der Waals surface area contributed by atoms with E-state index < -0.39 is 5.82 Å². The summed E-state index contributed by atoms with van der Waals surface area (Å²) in [5.74, 6) is -0.513. The predicted octanol–water partition coefficient (Wildman–Crippen LogP) is 2.13. The molecule has 0 aliphatic heterocycles. The molecule has 1 saturated carbocycles. The molecule has 1 heterocycles. The van der Waals surface area contributed by atoms with Gasteiger partial charge < -0.3 is 10.5 Å². The van der Waals surface area contributed by atoms with Gasteiger partial charge in [0.25, 0.3) is 5.88 Å². The number of rotatable bonds is 2. The first-order valence-corrected chi connectivity index (χ1v) is 5.26. The van der Waals surface area contributed by atoms with E-state index in [-0.39, 0.29) is 23.0 Å². The molecule has 0 bridgehead atoms. The highest BCUT2D eigenvalue weighted by Gasteiger charge is 2.24. The number of hydrogen-bond acceptors (Lipinski definition) is 3. The van der Waals surface area contributed by atoms with Crippen LogP contribution in [0, 0.1) is 5.82 Å². The van der Waals surface area contributed by atoms with Crippen LogP contribution in [0.25, 0.3) is 0 Å². The van der Waals surface area contributed by atoms with Crippen LogP contribution in [-0.4, -0.2) is 17.1 Å². The number of nitrogens with two attached hydrogens (primary N) is 1.